The average Bonchev–Trinajstić information content (AvgIpc) is 3.13. The Kier molecular flexibility index (Phi) is 4.66. The Morgan fingerprint density at radius 1 is 1.04 bits per heavy atom. The third kappa shape index (κ3) is 3.32. The van der Waals surface area contributed by atoms with Gasteiger partial charge in [-0.2, -0.15) is 0 Å². The third-order valence-corrected chi connectivity index (χ3v) is 5.21. The van der Waals surface area contributed by atoms with Gasteiger partial charge in [-0.1, -0.05) is 29.3 Å². The maximum Gasteiger partial charge on any atom is 0.322 e. The maximum atomic E-state index is 12.5. The monoisotopic (exact) mass is 388 g/mol. The van der Waals surface area contributed by atoms with E-state index < -0.39 is 0 Å². The second-order valence-corrected chi connectivity index (χ2v) is 7.09. The van der Waals surface area contributed by atoms with E-state index in [-0.39, 0.29) is 6.03 Å². The Balaban J connectivity index is 1.42. The average molecular weight is 389 g/mol. The predicted molar refractivity (Wildman–Crippen MR) is 108 cm³/mol. The molecule has 0 radical (unpaired) electrons. The van der Waals surface area contributed by atoms with Crippen LogP contribution in [0.1, 0.15) is 0 Å². The molecule has 1 aliphatic rings. The van der Waals surface area contributed by atoms with Crippen LogP contribution in [0.2, 0.25) is 10.0 Å². The van der Waals surface area contributed by atoms with Gasteiger partial charge in [0.15, 0.2) is 0 Å². The van der Waals surface area contributed by atoms with E-state index in [0.29, 0.717) is 28.8 Å². The SMILES string of the molecule is O=C(Nc1cc(Cl)ccc1Cl)N1CCN(c2cccc3[nH]ccc23)CC1. The molecule has 2 amide bonds. The van der Waals surface area contributed by atoms with Crippen LogP contribution >= 0.6 is 23.2 Å². The quantitative estimate of drug-likeness (QED) is 0.660. The predicted octanol–water partition coefficient (Wildman–Crippen LogP) is 4.83. The number of fused-ring (bicyclic) bond motifs is 1. The number of H-pyrrole nitrogens is 1. The molecule has 26 heavy (non-hydrogen) atoms. The highest BCUT2D eigenvalue weighted by atomic mass is 35.5. The number of carbonyl (C=O) groups is 1. The van der Waals surface area contributed by atoms with Crippen molar-refractivity contribution in [3.63, 3.8) is 0 Å². The number of hydrogen-bond acceptors (Lipinski definition) is 2. The van der Waals surface area contributed by atoms with Crippen molar-refractivity contribution >= 4 is 51.5 Å². The summed E-state index contributed by atoms with van der Waals surface area (Å²) in [4.78, 5) is 19.9. The van der Waals surface area contributed by atoms with E-state index in [9.17, 15) is 4.79 Å². The van der Waals surface area contributed by atoms with Crippen LogP contribution in [0.3, 0.4) is 0 Å². The van der Waals surface area contributed by atoms with Crippen molar-refractivity contribution in [2.45, 2.75) is 0 Å². The molecule has 7 heteroatoms. The highest BCUT2D eigenvalue weighted by Gasteiger charge is 2.23. The zero-order chi connectivity index (χ0) is 18.1. The first-order valence-corrected chi connectivity index (χ1v) is 9.19. The summed E-state index contributed by atoms with van der Waals surface area (Å²) in [5, 5.41) is 5.06. The van der Waals surface area contributed by atoms with E-state index in [4.69, 9.17) is 23.2 Å². The summed E-state index contributed by atoms with van der Waals surface area (Å²) in [6, 6.07) is 13.2. The van der Waals surface area contributed by atoms with Gasteiger partial charge < -0.3 is 20.1 Å². The smallest absolute Gasteiger partial charge is 0.322 e. The third-order valence-electron chi connectivity index (χ3n) is 4.65. The topological polar surface area (TPSA) is 51.4 Å². The number of piperazine rings is 1. The molecule has 0 atom stereocenters. The molecule has 2 N–H and O–H groups in total. The molecule has 1 fully saturated rings. The number of rotatable bonds is 2. The molecular weight excluding hydrogens is 371 g/mol. The molecule has 1 aliphatic heterocycles. The molecule has 1 aromatic heterocycles. The van der Waals surface area contributed by atoms with Gasteiger partial charge in [0.2, 0.25) is 0 Å². The fourth-order valence-corrected chi connectivity index (χ4v) is 3.62. The van der Waals surface area contributed by atoms with Crippen LogP contribution in [0, 0.1) is 0 Å². The number of nitrogens with one attached hydrogen (secondary N) is 2. The van der Waals surface area contributed by atoms with Crippen LogP contribution in [-0.4, -0.2) is 42.1 Å². The van der Waals surface area contributed by atoms with Crippen molar-refractivity contribution in [2.75, 3.05) is 36.4 Å². The molecule has 0 unspecified atom stereocenters. The fourth-order valence-electron chi connectivity index (χ4n) is 3.28. The first-order valence-electron chi connectivity index (χ1n) is 8.44. The lowest BCUT2D eigenvalue weighted by atomic mass is 10.2. The van der Waals surface area contributed by atoms with E-state index in [0.717, 1.165) is 18.6 Å². The number of aromatic nitrogens is 1. The van der Waals surface area contributed by atoms with Crippen LogP contribution in [0.15, 0.2) is 48.7 Å². The van der Waals surface area contributed by atoms with Crippen molar-refractivity contribution in [3.8, 4) is 0 Å². The second kappa shape index (κ2) is 7.09. The number of urea groups is 1. The van der Waals surface area contributed by atoms with E-state index in [2.05, 4.69) is 33.4 Å². The Labute approximate surface area is 161 Å². The van der Waals surface area contributed by atoms with Crippen molar-refractivity contribution < 1.29 is 4.79 Å². The normalized spacial score (nSPS) is 14.7. The minimum Gasteiger partial charge on any atom is -0.367 e. The minimum absolute atomic E-state index is 0.159. The van der Waals surface area contributed by atoms with Crippen molar-refractivity contribution in [1.82, 2.24) is 9.88 Å². The van der Waals surface area contributed by atoms with E-state index >= 15 is 0 Å². The van der Waals surface area contributed by atoms with Crippen molar-refractivity contribution in [1.29, 1.82) is 0 Å². The highest BCUT2D eigenvalue weighted by Crippen LogP contribution is 2.28. The Morgan fingerprint density at radius 2 is 1.85 bits per heavy atom. The van der Waals surface area contributed by atoms with Crippen LogP contribution in [0.4, 0.5) is 16.2 Å². The minimum atomic E-state index is -0.159. The van der Waals surface area contributed by atoms with Gasteiger partial charge in [-0.05, 0) is 36.4 Å². The highest BCUT2D eigenvalue weighted by molar-refractivity contribution is 6.35. The van der Waals surface area contributed by atoms with Crippen LogP contribution in [0.5, 0.6) is 0 Å². The van der Waals surface area contributed by atoms with E-state index in [1.54, 1.807) is 23.1 Å². The lowest BCUT2D eigenvalue weighted by Gasteiger charge is -2.36. The molecule has 4 rings (SSSR count). The Morgan fingerprint density at radius 3 is 2.65 bits per heavy atom. The summed E-state index contributed by atoms with van der Waals surface area (Å²) >= 11 is 12.1. The van der Waals surface area contributed by atoms with E-state index in [1.165, 1.54) is 11.1 Å². The Bertz CT molecular complexity index is 948. The summed E-state index contributed by atoms with van der Waals surface area (Å²) < 4.78 is 0. The maximum absolute atomic E-state index is 12.5. The zero-order valence-corrected chi connectivity index (χ0v) is 15.5. The number of benzene rings is 2. The molecule has 1 saturated heterocycles. The molecule has 0 aliphatic carbocycles. The Hall–Kier alpha value is -2.37. The number of nitrogens with zero attached hydrogens (tertiary/aromatic N) is 2. The summed E-state index contributed by atoms with van der Waals surface area (Å²) in [6.07, 6.45) is 1.95. The van der Waals surface area contributed by atoms with Crippen LogP contribution in [0.25, 0.3) is 10.9 Å². The summed E-state index contributed by atoms with van der Waals surface area (Å²) in [7, 11) is 0. The fraction of sp³-hybridized carbons (Fsp3) is 0.211. The van der Waals surface area contributed by atoms with E-state index in [1.807, 2.05) is 12.3 Å². The van der Waals surface area contributed by atoms with Gasteiger partial charge >= 0.3 is 6.03 Å². The molecule has 134 valence electrons. The van der Waals surface area contributed by atoms with Gasteiger partial charge in [0.05, 0.1) is 10.7 Å². The van der Waals surface area contributed by atoms with Crippen LogP contribution in [-0.2, 0) is 0 Å². The van der Waals surface area contributed by atoms with Gasteiger partial charge in [0, 0.05) is 54.0 Å². The number of carbonyl (C=O) groups excluding carboxylic acids is 1. The number of hydrogen-bond donors (Lipinski definition) is 2. The van der Waals surface area contributed by atoms with Gasteiger partial charge in [-0.3, -0.25) is 0 Å². The lowest BCUT2D eigenvalue weighted by Crippen LogP contribution is -2.50. The summed E-state index contributed by atoms with van der Waals surface area (Å²) in [5.74, 6) is 0. The van der Waals surface area contributed by atoms with Crippen molar-refractivity contribution in [3.05, 3.63) is 58.7 Å². The molecule has 0 saturated carbocycles. The summed E-state index contributed by atoms with van der Waals surface area (Å²) in [5.41, 5.74) is 2.85. The number of amides is 2. The van der Waals surface area contributed by atoms with Gasteiger partial charge in [-0.15, -0.1) is 0 Å². The molecule has 5 nitrogen and oxygen atoms in total. The first kappa shape index (κ1) is 17.1. The molecule has 0 bridgehead atoms. The summed E-state index contributed by atoms with van der Waals surface area (Å²) in [6.45, 7) is 2.84. The van der Waals surface area contributed by atoms with Gasteiger partial charge in [0.25, 0.3) is 0 Å². The number of anilines is 2. The second-order valence-electron chi connectivity index (χ2n) is 6.24. The molecule has 2 aromatic carbocycles. The standard InChI is InChI=1S/C19H18Cl2N4O/c20-13-4-5-15(21)17(12-13)23-19(26)25-10-8-24(9-11-25)18-3-1-2-16-14(18)6-7-22-16/h1-7,12,22H,8-11H2,(H,23,26). The molecular formula is C19H18Cl2N4O. The number of halogens is 2. The van der Waals surface area contributed by atoms with Crippen molar-refractivity contribution in [2.24, 2.45) is 0 Å². The zero-order valence-electron chi connectivity index (χ0n) is 14.0. The molecule has 0 spiro atoms. The van der Waals surface area contributed by atoms with Gasteiger partial charge in [-0.25, -0.2) is 4.79 Å². The molecule has 3 aromatic rings. The largest absolute Gasteiger partial charge is 0.367 e. The van der Waals surface area contributed by atoms with Gasteiger partial charge in [0.1, 0.15) is 0 Å². The lowest BCUT2D eigenvalue weighted by molar-refractivity contribution is 0.208. The first-order chi connectivity index (χ1) is 12.6. The number of aromatic amines is 1. The van der Waals surface area contributed by atoms with Crippen LogP contribution < -0.4 is 10.2 Å². The molecule has 2 heterocycles.